The lowest BCUT2D eigenvalue weighted by Crippen LogP contribution is -2.61. The Bertz CT molecular complexity index is 981. The average Bonchev–Trinajstić information content (AvgIpc) is 3.31. The summed E-state index contributed by atoms with van der Waals surface area (Å²) >= 11 is 1.71. The molecule has 0 radical (unpaired) electrons. The minimum atomic E-state index is -0.809. The van der Waals surface area contributed by atoms with Crippen molar-refractivity contribution >= 4 is 29.5 Å². The van der Waals surface area contributed by atoms with Crippen LogP contribution < -0.4 is 10.2 Å². The van der Waals surface area contributed by atoms with Crippen LogP contribution in [-0.2, 0) is 4.79 Å². The molecule has 7 nitrogen and oxygen atoms in total. The minimum Gasteiger partial charge on any atom is -0.480 e. The molecule has 8 heteroatoms. The van der Waals surface area contributed by atoms with E-state index in [0.29, 0.717) is 47.4 Å². The maximum Gasteiger partial charge on any atom is 0.326 e. The Balaban J connectivity index is 1.25. The van der Waals surface area contributed by atoms with Gasteiger partial charge in [0, 0.05) is 17.8 Å². The molecule has 3 atom stereocenters. The summed E-state index contributed by atoms with van der Waals surface area (Å²) in [6.07, 6.45) is 12.2. The van der Waals surface area contributed by atoms with Crippen molar-refractivity contribution in [2.24, 2.45) is 17.8 Å². The fourth-order valence-corrected chi connectivity index (χ4v) is 9.26. The van der Waals surface area contributed by atoms with Gasteiger partial charge in [-0.1, -0.05) is 19.3 Å². The molecular formula is C27H37N3O4S. The molecule has 2 unspecified atom stereocenters. The number of hydrogen-bond acceptors (Lipinski definition) is 6. The monoisotopic (exact) mass is 499 g/mol. The Morgan fingerprint density at radius 3 is 2.46 bits per heavy atom. The molecule has 1 saturated heterocycles. The van der Waals surface area contributed by atoms with Gasteiger partial charge < -0.3 is 20.4 Å². The van der Waals surface area contributed by atoms with Crippen LogP contribution in [0.5, 0.6) is 0 Å². The number of amides is 1. The highest BCUT2D eigenvalue weighted by atomic mass is 32.2. The summed E-state index contributed by atoms with van der Waals surface area (Å²) in [7, 11) is 0. The molecule has 6 aliphatic rings. The van der Waals surface area contributed by atoms with E-state index in [1.165, 1.54) is 19.3 Å². The van der Waals surface area contributed by atoms with E-state index in [0.717, 1.165) is 56.4 Å². The first-order valence-electron chi connectivity index (χ1n) is 13.6. The number of nitrogens with one attached hydrogen (secondary N) is 1. The number of nitrogens with zero attached hydrogens (tertiary/aromatic N) is 2. The maximum absolute atomic E-state index is 13.6. The fraction of sp³-hybridized carbons (Fsp3) is 0.741. The summed E-state index contributed by atoms with van der Waals surface area (Å²) in [5.74, 6) is 1.11. The molecule has 35 heavy (non-hydrogen) atoms. The predicted molar refractivity (Wildman–Crippen MR) is 135 cm³/mol. The predicted octanol–water partition coefficient (Wildman–Crippen LogP) is 4.23. The quantitative estimate of drug-likeness (QED) is 0.538. The average molecular weight is 500 g/mol. The molecule has 6 fully saturated rings. The van der Waals surface area contributed by atoms with Gasteiger partial charge in [-0.2, -0.15) is 0 Å². The number of aliphatic carboxylic acids is 1. The fourth-order valence-electron chi connectivity index (χ4n) is 7.94. The highest BCUT2D eigenvalue weighted by molar-refractivity contribution is 7.99. The Labute approximate surface area is 211 Å². The van der Waals surface area contributed by atoms with Crippen molar-refractivity contribution in [2.45, 2.75) is 105 Å². The van der Waals surface area contributed by atoms with Crippen LogP contribution in [0.4, 0.5) is 5.82 Å². The second kappa shape index (κ2) is 9.25. The minimum absolute atomic E-state index is 0.0666. The van der Waals surface area contributed by atoms with Crippen LogP contribution in [0, 0.1) is 17.8 Å². The Morgan fingerprint density at radius 2 is 1.77 bits per heavy atom. The number of thioether (sulfide) groups is 1. The SMILES string of the molecule is O=C(N[C@H]1C2CC3CC1C[C@@](O)(C3)C2)c1ccc(N2CCC[C@H]2C(=O)O)nc1SC1CCCCC1. The molecule has 7 rings (SSSR count). The first kappa shape index (κ1) is 23.6. The number of carbonyl (C=O) groups excluding carboxylic acids is 1. The molecular weight excluding hydrogens is 462 g/mol. The molecule has 5 saturated carbocycles. The standard InChI is InChI=1S/C27H37N3O4S/c31-24(29-23-17-11-16-12-18(23)15-27(34,13-16)14-17)20-8-9-22(30-10-4-7-21(30)26(32)33)28-25(20)35-19-5-2-1-3-6-19/h8-9,16-19,21,23,34H,1-7,10-15H2,(H,29,31)(H,32,33)/t16?,17?,18?,21-,23-,27+/m0/s1. The lowest BCUT2D eigenvalue weighted by molar-refractivity contribution is -0.138. The van der Waals surface area contributed by atoms with E-state index in [1.54, 1.807) is 11.8 Å². The summed E-state index contributed by atoms with van der Waals surface area (Å²) in [5, 5.41) is 25.1. The van der Waals surface area contributed by atoms with E-state index >= 15 is 0 Å². The van der Waals surface area contributed by atoms with Crippen molar-refractivity contribution in [1.82, 2.24) is 10.3 Å². The molecule has 0 aromatic carbocycles. The van der Waals surface area contributed by atoms with Crippen LogP contribution in [0.15, 0.2) is 17.2 Å². The largest absolute Gasteiger partial charge is 0.480 e. The third-order valence-electron chi connectivity index (χ3n) is 9.29. The van der Waals surface area contributed by atoms with Crippen LogP contribution in [0.3, 0.4) is 0 Å². The first-order chi connectivity index (χ1) is 16.9. The van der Waals surface area contributed by atoms with Crippen LogP contribution in [0.2, 0.25) is 0 Å². The summed E-state index contributed by atoms with van der Waals surface area (Å²) in [6.45, 7) is 0.679. The van der Waals surface area contributed by atoms with Crippen LogP contribution in [-0.4, -0.2) is 56.6 Å². The second-order valence-corrected chi connectivity index (χ2v) is 13.1. The van der Waals surface area contributed by atoms with E-state index in [-0.39, 0.29) is 11.9 Å². The third kappa shape index (κ3) is 4.57. The van der Waals surface area contributed by atoms with Gasteiger partial charge in [0.05, 0.1) is 11.2 Å². The molecule has 1 amide bonds. The van der Waals surface area contributed by atoms with E-state index < -0.39 is 17.6 Å². The van der Waals surface area contributed by atoms with Crippen molar-refractivity contribution in [3.8, 4) is 0 Å². The third-order valence-corrected chi connectivity index (χ3v) is 10.6. The number of carbonyl (C=O) groups is 2. The summed E-state index contributed by atoms with van der Waals surface area (Å²) in [4.78, 5) is 32.2. The Hall–Kier alpha value is -1.80. The second-order valence-electron chi connectivity index (χ2n) is 11.8. The van der Waals surface area contributed by atoms with Gasteiger partial charge in [-0.3, -0.25) is 4.79 Å². The van der Waals surface area contributed by atoms with Gasteiger partial charge in [-0.15, -0.1) is 11.8 Å². The Morgan fingerprint density at radius 1 is 1.03 bits per heavy atom. The molecule has 3 N–H and O–H groups in total. The molecule has 1 aromatic heterocycles. The van der Waals surface area contributed by atoms with Gasteiger partial charge in [0.25, 0.3) is 5.91 Å². The molecule has 5 aliphatic carbocycles. The smallest absolute Gasteiger partial charge is 0.326 e. The lowest BCUT2D eigenvalue weighted by atomic mass is 9.52. The number of aliphatic hydroxyl groups is 1. The van der Waals surface area contributed by atoms with E-state index in [2.05, 4.69) is 5.32 Å². The molecule has 1 aromatic rings. The zero-order valence-corrected chi connectivity index (χ0v) is 21.1. The molecule has 4 bridgehead atoms. The molecule has 2 heterocycles. The van der Waals surface area contributed by atoms with Crippen molar-refractivity contribution in [2.75, 3.05) is 11.4 Å². The zero-order valence-electron chi connectivity index (χ0n) is 20.3. The highest BCUT2D eigenvalue weighted by Crippen LogP contribution is 2.55. The number of carboxylic acid groups (broad SMARTS) is 1. The topological polar surface area (TPSA) is 103 Å². The number of pyridine rings is 1. The normalized spacial score (nSPS) is 36.5. The highest BCUT2D eigenvalue weighted by Gasteiger charge is 2.55. The maximum atomic E-state index is 13.6. The number of aromatic nitrogens is 1. The van der Waals surface area contributed by atoms with Gasteiger partial charge in [-0.25, -0.2) is 9.78 Å². The van der Waals surface area contributed by atoms with Crippen LogP contribution in [0.25, 0.3) is 0 Å². The summed E-state index contributed by atoms with van der Waals surface area (Å²) in [6, 6.07) is 3.28. The van der Waals surface area contributed by atoms with E-state index in [4.69, 9.17) is 4.98 Å². The van der Waals surface area contributed by atoms with Crippen molar-refractivity contribution in [3.63, 3.8) is 0 Å². The van der Waals surface area contributed by atoms with Crippen molar-refractivity contribution < 1.29 is 19.8 Å². The van der Waals surface area contributed by atoms with Gasteiger partial charge in [0.1, 0.15) is 16.9 Å². The van der Waals surface area contributed by atoms with Crippen LogP contribution in [0.1, 0.15) is 87.4 Å². The molecule has 1 aliphatic heterocycles. The number of carboxylic acids is 1. The van der Waals surface area contributed by atoms with Crippen molar-refractivity contribution in [1.29, 1.82) is 0 Å². The number of hydrogen-bond donors (Lipinski definition) is 3. The first-order valence-corrected chi connectivity index (χ1v) is 14.5. The van der Waals surface area contributed by atoms with E-state index in [9.17, 15) is 19.8 Å². The van der Waals surface area contributed by atoms with Gasteiger partial charge in [0.2, 0.25) is 0 Å². The Kier molecular flexibility index (Phi) is 6.24. The number of rotatable bonds is 6. The van der Waals surface area contributed by atoms with Crippen LogP contribution >= 0.6 is 11.8 Å². The molecule has 0 spiro atoms. The van der Waals surface area contributed by atoms with Gasteiger partial charge in [-0.05, 0) is 87.7 Å². The van der Waals surface area contributed by atoms with Gasteiger partial charge in [0.15, 0.2) is 0 Å². The molecule has 190 valence electrons. The number of anilines is 1. The van der Waals surface area contributed by atoms with Gasteiger partial charge >= 0.3 is 5.97 Å². The van der Waals surface area contributed by atoms with Crippen molar-refractivity contribution in [3.05, 3.63) is 17.7 Å². The zero-order chi connectivity index (χ0) is 24.2. The summed E-state index contributed by atoms with van der Waals surface area (Å²) in [5.41, 5.74) is 0.0993. The van der Waals surface area contributed by atoms with E-state index in [1.807, 2.05) is 17.0 Å². The summed E-state index contributed by atoms with van der Waals surface area (Å²) < 4.78 is 0. The lowest BCUT2D eigenvalue weighted by Gasteiger charge is -2.58.